The van der Waals surface area contributed by atoms with E-state index in [1.165, 1.54) is 0 Å². The highest BCUT2D eigenvalue weighted by Gasteiger charge is 2.25. The summed E-state index contributed by atoms with van der Waals surface area (Å²) in [6.07, 6.45) is 1.15. The lowest BCUT2D eigenvalue weighted by Crippen LogP contribution is -2.46. The molecule has 6 nitrogen and oxygen atoms in total. The van der Waals surface area contributed by atoms with E-state index < -0.39 is 0 Å². The number of hydrogen-bond donors (Lipinski definition) is 1. The first kappa shape index (κ1) is 15.6. The number of piperidine rings is 1. The van der Waals surface area contributed by atoms with E-state index >= 15 is 0 Å². The monoisotopic (exact) mass is 318 g/mol. The van der Waals surface area contributed by atoms with Crippen LogP contribution in [0.5, 0.6) is 11.5 Å². The lowest BCUT2D eigenvalue weighted by molar-refractivity contribution is -0.132. The quantitative estimate of drug-likeness (QED) is 0.920. The van der Waals surface area contributed by atoms with Gasteiger partial charge in [0.15, 0.2) is 11.5 Å². The van der Waals surface area contributed by atoms with Gasteiger partial charge in [0.05, 0.1) is 6.54 Å². The number of ether oxygens (including phenoxy) is 2. The van der Waals surface area contributed by atoms with Gasteiger partial charge in [-0.3, -0.25) is 9.59 Å². The molecule has 1 aromatic carbocycles. The van der Waals surface area contributed by atoms with Crippen molar-refractivity contribution in [2.45, 2.75) is 20.3 Å². The van der Waals surface area contributed by atoms with Crippen LogP contribution in [0.3, 0.4) is 0 Å². The fourth-order valence-corrected chi connectivity index (χ4v) is 3.27. The predicted molar refractivity (Wildman–Crippen MR) is 84.4 cm³/mol. The molecule has 2 atom stereocenters. The maximum absolute atomic E-state index is 12.3. The number of benzene rings is 1. The molecule has 124 valence electrons. The number of nitrogens with zero attached hydrogens (tertiary/aromatic N) is 1. The van der Waals surface area contributed by atoms with Gasteiger partial charge >= 0.3 is 0 Å². The molecule has 0 saturated carbocycles. The van der Waals surface area contributed by atoms with E-state index in [0.29, 0.717) is 28.9 Å². The van der Waals surface area contributed by atoms with Crippen LogP contribution >= 0.6 is 0 Å². The molecule has 0 unspecified atom stereocenters. The molecule has 6 heteroatoms. The van der Waals surface area contributed by atoms with E-state index in [1.807, 2.05) is 4.90 Å². The van der Waals surface area contributed by atoms with E-state index in [-0.39, 0.29) is 25.2 Å². The van der Waals surface area contributed by atoms with Gasteiger partial charge in [0.25, 0.3) is 5.91 Å². The molecule has 1 saturated heterocycles. The molecular formula is C17H22N2O4. The zero-order chi connectivity index (χ0) is 16.4. The molecular weight excluding hydrogens is 296 g/mol. The Morgan fingerprint density at radius 2 is 1.87 bits per heavy atom. The van der Waals surface area contributed by atoms with E-state index in [0.717, 1.165) is 19.5 Å². The fourth-order valence-electron chi connectivity index (χ4n) is 3.27. The summed E-state index contributed by atoms with van der Waals surface area (Å²) in [5.74, 6) is 1.89. The van der Waals surface area contributed by atoms with Crippen LogP contribution in [-0.2, 0) is 4.79 Å². The fraction of sp³-hybridized carbons (Fsp3) is 0.529. The third-order valence-corrected chi connectivity index (χ3v) is 4.26. The Kier molecular flexibility index (Phi) is 4.41. The molecule has 1 aromatic rings. The van der Waals surface area contributed by atoms with Gasteiger partial charge in [0, 0.05) is 18.7 Å². The van der Waals surface area contributed by atoms with Crippen molar-refractivity contribution in [3.8, 4) is 11.5 Å². The largest absolute Gasteiger partial charge is 0.454 e. The van der Waals surface area contributed by atoms with Crippen molar-refractivity contribution in [2.24, 2.45) is 11.8 Å². The predicted octanol–water partition coefficient (Wildman–Crippen LogP) is 1.65. The summed E-state index contributed by atoms with van der Waals surface area (Å²) < 4.78 is 10.5. The van der Waals surface area contributed by atoms with Crippen molar-refractivity contribution < 1.29 is 19.1 Å². The summed E-state index contributed by atoms with van der Waals surface area (Å²) in [6.45, 7) is 6.03. The Hall–Kier alpha value is -2.24. The molecule has 2 aliphatic heterocycles. The average molecular weight is 318 g/mol. The number of likely N-dealkylation sites (tertiary alicyclic amines) is 1. The summed E-state index contributed by atoms with van der Waals surface area (Å²) in [6, 6.07) is 5.00. The molecule has 0 aliphatic carbocycles. The maximum atomic E-state index is 12.3. The number of carbonyl (C=O) groups excluding carboxylic acids is 2. The van der Waals surface area contributed by atoms with E-state index in [9.17, 15) is 9.59 Å². The van der Waals surface area contributed by atoms with Crippen LogP contribution in [0.25, 0.3) is 0 Å². The van der Waals surface area contributed by atoms with Gasteiger partial charge in [-0.15, -0.1) is 0 Å². The number of fused-ring (bicyclic) bond motifs is 1. The highest BCUT2D eigenvalue weighted by molar-refractivity contribution is 5.97. The molecule has 0 bridgehead atoms. The Morgan fingerprint density at radius 1 is 1.17 bits per heavy atom. The van der Waals surface area contributed by atoms with E-state index in [2.05, 4.69) is 19.2 Å². The normalized spacial score (nSPS) is 22.8. The van der Waals surface area contributed by atoms with Crippen LogP contribution in [0, 0.1) is 11.8 Å². The minimum Gasteiger partial charge on any atom is -0.454 e. The molecule has 3 rings (SSSR count). The van der Waals surface area contributed by atoms with Crippen molar-refractivity contribution in [3.63, 3.8) is 0 Å². The zero-order valence-corrected chi connectivity index (χ0v) is 13.5. The van der Waals surface area contributed by atoms with Crippen LogP contribution in [0.4, 0.5) is 0 Å². The van der Waals surface area contributed by atoms with Gasteiger partial charge in [-0.25, -0.2) is 0 Å². The summed E-state index contributed by atoms with van der Waals surface area (Å²) in [5, 5.41) is 2.69. The molecule has 0 radical (unpaired) electrons. The minimum atomic E-state index is -0.283. The second-order valence-corrected chi connectivity index (χ2v) is 6.50. The average Bonchev–Trinajstić information content (AvgIpc) is 2.98. The topological polar surface area (TPSA) is 67.9 Å². The molecule has 2 amide bonds. The number of hydrogen-bond acceptors (Lipinski definition) is 4. The summed E-state index contributed by atoms with van der Waals surface area (Å²) >= 11 is 0. The molecule has 23 heavy (non-hydrogen) atoms. The maximum Gasteiger partial charge on any atom is 0.251 e. The first-order valence-electron chi connectivity index (χ1n) is 7.98. The SMILES string of the molecule is C[C@@H]1C[C@@H](C)CN(C(=O)CNC(=O)c2ccc3c(c2)OCO3)C1. The lowest BCUT2D eigenvalue weighted by Gasteiger charge is -2.35. The van der Waals surface area contributed by atoms with Crippen molar-refractivity contribution >= 4 is 11.8 Å². The Balaban J connectivity index is 1.55. The highest BCUT2D eigenvalue weighted by Crippen LogP contribution is 2.32. The number of nitrogens with one attached hydrogen (secondary N) is 1. The van der Waals surface area contributed by atoms with Gasteiger partial charge in [-0.1, -0.05) is 13.8 Å². The first-order chi connectivity index (χ1) is 11.0. The van der Waals surface area contributed by atoms with Gasteiger partial charge in [-0.05, 0) is 36.5 Å². The van der Waals surface area contributed by atoms with E-state index in [1.54, 1.807) is 18.2 Å². The molecule has 0 aromatic heterocycles. The minimum absolute atomic E-state index is 0.0206. The van der Waals surface area contributed by atoms with Crippen LogP contribution in [-0.4, -0.2) is 43.1 Å². The summed E-state index contributed by atoms with van der Waals surface area (Å²) in [4.78, 5) is 26.3. The zero-order valence-electron chi connectivity index (χ0n) is 13.5. The second kappa shape index (κ2) is 6.48. The third-order valence-electron chi connectivity index (χ3n) is 4.26. The van der Waals surface area contributed by atoms with E-state index in [4.69, 9.17) is 9.47 Å². The first-order valence-corrected chi connectivity index (χ1v) is 7.98. The molecule has 1 fully saturated rings. The lowest BCUT2D eigenvalue weighted by atomic mass is 9.92. The highest BCUT2D eigenvalue weighted by atomic mass is 16.7. The molecule has 2 heterocycles. The Bertz CT molecular complexity index is 607. The van der Waals surface area contributed by atoms with Crippen LogP contribution in [0.2, 0.25) is 0 Å². The van der Waals surface area contributed by atoms with Crippen molar-refractivity contribution in [2.75, 3.05) is 26.4 Å². The number of carbonyl (C=O) groups is 2. The smallest absolute Gasteiger partial charge is 0.251 e. The third kappa shape index (κ3) is 3.57. The van der Waals surface area contributed by atoms with Gasteiger partial charge in [0.2, 0.25) is 12.7 Å². The van der Waals surface area contributed by atoms with Crippen molar-refractivity contribution in [1.29, 1.82) is 0 Å². The molecule has 2 aliphatic rings. The van der Waals surface area contributed by atoms with Crippen LogP contribution < -0.4 is 14.8 Å². The Morgan fingerprint density at radius 3 is 2.61 bits per heavy atom. The standard InChI is InChI=1S/C17H22N2O4/c1-11-5-12(2)9-19(8-11)16(20)7-18-17(21)13-3-4-14-15(6-13)23-10-22-14/h3-4,6,11-12H,5,7-10H2,1-2H3,(H,18,21)/t11-,12-/m1/s1. The number of amides is 2. The van der Waals surface area contributed by atoms with Gasteiger partial charge < -0.3 is 19.7 Å². The molecule has 0 spiro atoms. The number of rotatable bonds is 3. The summed E-state index contributed by atoms with van der Waals surface area (Å²) in [5.41, 5.74) is 0.461. The second-order valence-electron chi connectivity index (χ2n) is 6.50. The summed E-state index contributed by atoms with van der Waals surface area (Å²) in [7, 11) is 0. The van der Waals surface area contributed by atoms with Gasteiger partial charge in [0.1, 0.15) is 0 Å². The Labute approximate surface area is 135 Å². The van der Waals surface area contributed by atoms with Crippen LogP contribution in [0.15, 0.2) is 18.2 Å². The van der Waals surface area contributed by atoms with Crippen molar-refractivity contribution in [1.82, 2.24) is 10.2 Å². The van der Waals surface area contributed by atoms with Crippen molar-refractivity contribution in [3.05, 3.63) is 23.8 Å². The molecule has 1 N–H and O–H groups in total. The van der Waals surface area contributed by atoms with Crippen LogP contribution in [0.1, 0.15) is 30.6 Å². The van der Waals surface area contributed by atoms with Gasteiger partial charge in [-0.2, -0.15) is 0 Å².